The number of nitriles is 1. The Hall–Kier alpha value is -1.79. The van der Waals surface area contributed by atoms with Crippen molar-refractivity contribution in [1.82, 2.24) is 4.98 Å². The molecule has 0 aliphatic heterocycles. The van der Waals surface area contributed by atoms with E-state index in [4.69, 9.17) is 21.6 Å². The molecule has 0 radical (unpaired) electrons. The number of hydrogen-bond donors (Lipinski definition) is 0. The maximum atomic E-state index is 8.44. The van der Waals surface area contributed by atoms with Gasteiger partial charge in [0.2, 0.25) is 0 Å². The lowest BCUT2D eigenvalue weighted by atomic mass is 10.2. The maximum Gasteiger partial charge on any atom is 0.145 e. The minimum absolute atomic E-state index is 0.499. The molecule has 1 aromatic carbocycles. The molecule has 0 amide bonds. The molecule has 0 unspecified atom stereocenters. The van der Waals surface area contributed by atoms with E-state index in [2.05, 4.69) is 11.1 Å². The Balaban J connectivity index is 2.23. The zero-order valence-corrected chi connectivity index (χ0v) is 9.94. The van der Waals surface area contributed by atoms with Crippen molar-refractivity contribution in [1.29, 1.82) is 5.26 Å². The summed E-state index contributed by atoms with van der Waals surface area (Å²) in [4.78, 5) is 4.27. The highest BCUT2D eigenvalue weighted by atomic mass is 35.5. The van der Waals surface area contributed by atoms with Gasteiger partial charge in [-0.05, 0) is 30.7 Å². The van der Waals surface area contributed by atoms with Crippen LogP contribution >= 0.6 is 11.6 Å². The highest BCUT2D eigenvalue weighted by molar-refractivity contribution is 6.35. The summed E-state index contributed by atoms with van der Waals surface area (Å²) in [7, 11) is 0. The van der Waals surface area contributed by atoms with Gasteiger partial charge in [0, 0.05) is 18.0 Å². The second-order valence-electron chi connectivity index (χ2n) is 3.56. The number of halogens is 1. The molecule has 0 aliphatic carbocycles. The first-order chi connectivity index (χ1) is 8.33. The molecular formula is C13H11ClN2O. The molecule has 1 aromatic heterocycles. The molecule has 0 aliphatic rings. The van der Waals surface area contributed by atoms with E-state index in [0.717, 1.165) is 10.9 Å². The minimum atomic E-state index is 0.499. The highest BCUT2D eigenvalue weighted by Crippen LogP contribution is 2.29. The number of benzene rings is 1. The monoisotopic (exact) mass is 246 g/mol. The Morgan fingerprint density at radius 3 is 3.06 bits per heavy atom. The third-order valence-corrected chi connectivity index (χ3v) is 2.70. The summed E-state index contributed by atoms with van der Waals surface area (Å²) in [5.74, 6) is 0.711. The lowest BCUT2D eigenvalue weighted by molar-refractivity contribution is 0.316. The van der Waals surface area contributed by atoms with Crippen molar-refractivity contribution >= 4 is 22.5 Å². The molecule has 2 rings (SSSR count). The lowest BCUT2D eigenvalue weighted by Gasteiger charge is -2.08. The molecule has 1 heterocycles. The van der Waals surface area contributed by atoms with Crippen molar-refractivity contribution in [3.05, 3.63) is 35.5 Å². The van der Waals surface area contributed by atoms with Crippen LogP contribution < -0.4 is 4.74 Å². The van der Waals surface area contributed by atoms with Crippen molar-refractivity contribution in [3.63, 3.8) is 0 Å². The van der Waals surface area contributed by atoms with Gasteiger partial charge in [0.15, 0.2) is 0 Å². The molecule has 17 heavy (non-hydrogen) atoms. The van der Waals surface area contributed by atoms with E-state index in [1.54, 1.807) is 12.3 Å². The van der Waals surface area contributed by atoms with Crippen molar-refractivity contribution in [3.8, 4) is 11.8 Å². The van der Waals surface area contributed by atoms with Crippen LogP contribution in [-0.4, -0.2) is 11.6 Å². The summed E-state index contributed by atoms with van der Waals surface area (Å²) in [6, 6.07) is 9.44. The molecule has 0 saturated heterocycles. The van der Waals surface area contributed by atoms with E-state index in [1.165, 1.54) is 0 Å². The van der Waals surface area contributed by atoms with E-state index in [-0.39, 0.29) is 0 Å². The number of ether oxygens (including phenoxy) is 1. The summed E-state index contributed by atoms with van der Waals surface area (Å²) >= 11 is 6.07. The average Bonchev–Trinajstić information content (AvgIpc) is 2.37. The van der Waals surface area contributed by atoms with Gasteiger partial charge in [0.05, 0.1) is 17.7 Å². The van der Waals surface area contributed by atoms with Crippen LogP contribution in [0.25, 0.3) is 10.9 Å². The number of pyridine rings is 1. The van der Waals surface area contributed by atoms with Crippen LogP contribution in [0.1, 0.15) is 12.8 Å². The molecule has 3 nitrogen and oxygen atoms in total. The van der Waals surface area contributed by atoms with Gasteiger partial charge in [-0.3, -0.25) is 4.98 Å². The van der Waals surface area contributed by atoms with E-state index < -0.39 is 0 Å². The molecule has 0 saturated carbocycles. The van der Waals surface area contributed by atoms with Gasteiger partial charge in [-0.15, -0.1) is 0 Å². The van der Waals surface area contributed by atoms with Gasteiger partial charge in [-0.1, -0.05) is 11.6 Å². The third-order valence-electron chi connectivity index (χ3n) is 2.37. The zero-order valence-electron chi connectivity index (χ0n) is 9.19. The summed E-state index contributed by atoms with van der Waals surface area (Å²) in [5, 5.41) is 9.98. The smallest absolute Gasteiger partial charge is 0.145 e. The van der Waals surface area contributed by atoms with E-state index in [9.17, 15) is 0 Å². The molecule has 86 valence electrons. The topological polar surface area (TPSA) is 45.9 Å². The van der Waals surface area contributed by atoms with Crippen LogP contribution in [0.5, 0.6) is 5.75 Å². The second-order valence-corrected chi connectivity index (χ2v) is 3.96. The van der Waals surface area contributed by atoms with Crippen LogP contribution in [0.3, 0.4) is 0 Å². The summed E-state index contributed by atoms with van der Waals surface area (Å²) in [6.07, 6.45) is 2.92. The van der Waals surface area contributed by atoms with Gasteiger partial charge < -0.3 is 4.74 Å². The fraction of sp³-hybridized carbons (Fsp3) is 0.231. The Kier molecular flexibility index (Phi) is 3.79. The minimum Gasteiger partial charge on any atom is -0.491 e. The molecular weight excluding hydrogens is 236 g/mol. The maximum absolute atomic E-state index is 8.44. The number of rotatable bonds is 4. The first-order valence-electron chi connectivity index (χ1n) is 5.36. The van der Waals surface area contributed by atoms with Gasteiger partial charge in [-0.2, -0.15) is 5.26 Å². The number of hydrogen-bond acceptors (Lipinski definition) is 3. The zero-order chi connectivity index (χ0) is 12.1. The van der Waals surface area contributed by atoms with Crippen molar-refractivity contribution < 1.29 is 4.74 Å². The third kappa shape index (κ3) is 2.66. The SMILES string of the molecule is N#CCCCOc1ccc(Cl)c2cccnc12. The average molecular weight is 247 g/mol. The van der Waals surface area contributed by atoms with E-state index in [1.807, 2.05) is 18.2 Å². The van der Waals surface area contributed by atoms with Crippen LogP contribution in [0.4, 0.5) is 0 Å². The molecule has 2 aromatic rings. The molecule has 4 heteroatoms. The number of unbranched alkanes of at least 4 members (excludes halogenated alkanes) is 1. The number of fused-ring (bicyclic) bond motifs is 1. The molecule has 0 spiro atoms. The fourth-order valence-corrected chi connectivity index (χ4v) is 1.78. The van der Waals surface area contributed by atoms with Crippen LogP contribution in [0, 0.1) is 11.3 Å². The van der Waals surface area contributed by atoms with Gasteiger partial charge in [-0.25, -0.2) is 0 Å². The van der Waals surface area contributed by atoms with Crippen LogP contribution in [0.15, 0.2) is 30.5 Å². The molecule has 0 fully saturated rings. The quantitative estimate of drug-likeness (QED) is 0.775. The van der Waals surface area contributed by atoms with Crippen LogP contribution in [0.2, 0.25) is 5.02 Å². The Morgan fingerprint density at radius 1 is 1.35 bits per heavy atom. The highest BCUT2D eigenvalue weighted by Gasteiger charge is 2.06. The molecule has 0 bridgehead atoms. The summed E-state index contributed by atoms with van der Waals surface area (Å²) in [6.45, 7) is 0.515. The number of aromatic nitrogens is 1. The Morgan fingerprint density at radius 2 is 2.24 bits per heavy atom. The van der Waals surface area contributed by atoms with Crippen molar-refractivity contribution in [2.75, 3.05) is 6.61 Å². The van der Waals surface area contributed by atoms with Crippen molar-refractivity contribution in [2.24, 2.45) is 0 Å². The van der Waals surface area contributed by atoms with Crippen LogP contribution in [-0.2, 0) is 0 Å². The van der Waals surface area contributed by atoms with Crippen molar-refractivity contribution in [2.45, 2.75) is 12.8 Å². The normalized spacial score (nSPS) is 10.1. The first-order valence-corrected chi connectivity index (χ1v) is 5.73. The first kappa shape index (κ1) is 11.7. The predicted molar refractivity (Wildman–Crippen MR) is 67.1 cm³/mol. The van der Waals surface area contributed by atoms with Gasteiger partial charge >= 0.3 is 0 Å². The summed E-state index contributed by atoms with van der Waals surface area (Å²) in [5.41, 5.74) is 0.761. The van der Waals surface area contributed by atoms with E-state index in [0.29, 0.717) is 30.2 Å². The largest absolute Gasteiger partial charge is 0.491 e. The van der Waals surface area contributed by atoms with Gasteiger partial charge in [0.1, 0.15) is 11.3 Å². The number of nitrogens with zero attached hydrogens (tertiary/aromatic N) is 2. The summed E-state index contributed by atoms with van der Waals surface area (Å²) < 4.78 is 5.60. The second kappa shape index (κ2) is 5.51. The lowest BCUT2D eigenvalue weighted by Crippen LogP contribution is -1.98. The molecule has 0 atom stereocenters. The standard InChI is InChI=1S/C13H11ClN2O/c14-11-5-6-12(17-9-2-1-7-15)13-10(11)4-3-8-16-13/h3-6,8H,1-2,9H2. The van der Waals surface area contributed by atoms with Gasteiger partial charge in [0.25, 0.3) is 0 Å². The van der Waals surface area contributed by atoms with E-state index >= 15 is 0 Å². The Bertz CT molecular complexity index is 563. The Labute approximate surface area is 105 Å². The predicted octanol–water partition coefficient (Wildman–Crippen LogP) is 3.57. The fourth-order valence-electron chi connectivity index (χ4n) is 1.56. The molecule has 0 N–H and O–H groups in total.